The van der Waals surface area contributed by atoms with Crippen LogP contribution in [-0.2, 0) is 16.1 Å². The molecule has 23 heavy (non-hydrogen) atoms. The third-order valence-electron chi connectivity index (χ3n) is 3.12. The minimum absolute atomic E-state index is 0.0834. The van der Waals surface area contributed by atoms with Gasteiger partial charge >= 0.3 is 11.8 Å². The molecule has 2 aromatic rings. The van der Waals surface area contributed by atoms with Gasteiger partial charge in [0, 0.05) is 17.8 Å². The van der Waals surface area contributed by atoms with Crippen molar-refractivity contribution in [1.82, 2.24) is 5.32 Å². The van der Waals surface area contributed by atoms with E-state index in [2.05, 4.69) is 10.6 Å². The van der Waals surface area contributed by atoms with Gasteiger partial charge in [-0.3, -0.25) is 14.4 Å². The molecule has 0 spiro atoms. The number of hydrogen-bond acceptors (Lipinski definition) is 3. The van der Waals surface area contributed by atoms with Gasteiger partial charge in [-0.05, 0) is 48.9 Å². The molecule has 118 valence electrons. The van der Waals surface area contributed by atoms with E-state index in [1.165, 1.54) is 31.2 Å². The van der Waals surface area contributed by atoms with Gasteiger partial charge in [0.15, 0.2) is 5.78 Å². The Morgan fingerprint density at radius 3 is 2.09 bits per heavy atom. The first kappa shape index (κ1) is 16.4. The number of amides is 2. The summed E-state index contributed by atoms with van der Waals surface area (Å²) in [5.74, 6) is -2.07. The lowest BCUT2D eigenvalue weighted by Crippen LogP contribution is -2.34. The summed E-state index contributed by atoms with van der Waals surface area (Å²) in [6, 6.07) is 11.8. The lowest BCUT2D eigenvalue weighted by Gasteiger charge is -2.07. The highest BCUT2D eigenvalue weighted by Gasteiger charge is 2.13. The van der Waals surface area contributed by atoms with Gasteiger partial charge in [0.1, 0.15) is 5.82 Å². The van der Waals surface area contributed by atoms with E-state index < -0.39 is 11.8 Å². The third kappa shape index (κ3) is 4.74. The summed E-state index contributed by atoms with van der Waals surface area (Å²) < 4.78 is 12.8. The number of nitrogens with one attached hydrogen (secondary N) is 2. The molecule has 0 aliphatic carbocycles. The summed E-state index contributed by atoms with van der Waals surface area (Å²) in [7, 11) is 0. The fourth-order valence-electron chi connectivity index (χ4n) is 1.84. The smallest absolute Gasteiger partial charge is 0.313 e. The highest BCUT2D eigenvalue weighted by Crippen LogP contribution is 2.10. The van der Waals surface area contributed by atoms with Gasteiger partial charge in [-0.2, -0.15) is 0 Å². The number of rotatable bonds is 4. The van der Waals surface area contributed by atoms with Crippen molar-refractivity contribution >= 4 is 23.3 Å². The highest BCUT2D eigenvalue weighted by atomic mass is 19.1. The molecule has 0 aromatic heterocycles. The van der Waals surface area contributed by atoms with Crippen LogP contribution in [0.2, 0.25) is 0 Å². The van der Waals surface area contributed by atoms with Crippen LogP contribution in [0.25, 0.3) is 0 Å². The van der Waals surface area contributed by atoms with Gasteiger partial charge in [-0.25, -0.2) is 4.39 Å². The Kier molecular flexibility index (Phi) is 5.19. The van der Waals surface area contributed by atoms with Crippen LogP contribution in [0, 0.1) is 5.82 Å². The summed E-state index contributed by atoms with van der Waals surface area (Å²) in [6.07, 6.45) is 0. The largest absolute Gasteiger partial charge is 0.344 e. The van der Waals surface area contributed by atoms with Crippen LogP contribution in [0.3, 0.4) is 0 Å². The first-order valence-corrected chi connectivity index (χ1v) is 6.90. The normalized spacial score (nSPS) is 10.0. The van der Waals surface area contributed by atoms with Gasteiger partial charge in [-0.1, -0.05) is 12.1 Å². The molecule has 2 amide bonds. The lowest BCUT2D eigenvalue weighted by molar-refractivity contribution is -0.136. The third-order valence-corrected chi connectivity index (χ3v) is 3.12. The van der Waals surface area contributed by atoms with Gasteiger partial charge in [0.2, 0.25) is 0 Å². The summed E-state index contributed by atoms with van der Waals surface area (Å²) in [4.78, 5) is 34.6. The molecule has 0 radical (unpaired) electrons. The fraction of sp³-hybridized carbons (Fsp3) is 0.118. The van der Waals surface area contributed by atoms with Gasteiger partial charge in [0.25, 0.3) is 0 Å². The molecule has 2 N–H and O–H groups in total. The van der Waals surface area contributed by atoms with Crippen LogP contribution in [0.5, 0.6) is 0 Å². The molecule has 5 nitrogen and oxygen atoms in total. The van der Waals surface area contributed by atoms with E-state index in [-0.39, 0.29) is 18.1 Å². The van der Waals surface area contributed by atoms with Crippen LogP contribution in [-0.4, -0.2) is 17.6 Å². The molecular formula is C17H15FN2O3. The van der Waals surface area contributed by atoms with Crippen molar-refractivity contribution in [2.45, 2.75) is 13.5 Å². The average Bonchev–Trinajstić information content (AvgIpc) is 2.54. The van der Waals surface area contributed by atoms with E-state index in [1.54, 1.807) is 24.3 Å². The molecule has 2 rings (SSSR count). The van der Waals surface area contributed by atoms with E-state index in [4.69, 9.17) is 0 Å². The SMILES string of the molecule is CC(=O)c1ccc(NC(=O)C(=O)NCc2ccc(F)cc2)cc1. The van der Waals surface area contributed by atoms with Crippen LogP contribution >= 0.6 is 0 Å². The number of anilines is 1. The Hall–Kier alpha value is -3.02. The second-order valence-corrected chi connectivity index (χ2v) is 4.90. The summed E-state index contributed by atoms with van der Waals surface area (Å²) in [5.41, 5.74) is 1.61. The topological polar surface area (TPSA) is 75.3 Å². The molecule has 0 aliphatic rings. The molecule has 0 saturated carbocycles. The summed E-state index contributed by atoms with van der Waals surface area (Å²) >= 11 is 0. The number of carbonyl (C=O) groups excluding carboxylic acids is 3. The standard InChI is InChI=1S/C17H15FN2O3/c1-11(21)13-4-8-15(9-5-13)20-17(23)16(22)19-10-12-2-6-14(18)7-3-12/h2-9H,10H2,1H3,(H,19,22)(H,20,23). The molecular weight excluding hydrogens is 299 g/mol. The predicted molar refractivity (Wildman–Crippen MR) is 83.3 cm³/mol. The molecule has 0 bridgehead atoms. The van der Waals surface area contributed by atoms with E-state index in [0.717, 1.165) is 0 Å². The summed E-state index contributed by atoms with van der Waals surface area (Å²) in [5, 5.41) is 4.87. The van der Waals surface area contributed by atoms with Crippen molar-refractivity contribution in [3.8, 4) is 0 Å². The second-order valence-electron chi connectivity index (χ2n) is 4.90. The van der Waals surface area contributed by atoms with E-state index in [9.17, 15) is 18.8 Å². The Labute approximate surface area is 132 Å². The van der Waals surface area contributed by atoms with Crippen molar-refractivity contribution in [3.63, 3.8) is 0 Å². The minimum atomic E-state index is -0.817. The van der Waals surface area contributed by atoms with Crippen molar-refractivity contribution in [1.29, 1.82) is 0 Å². The average molecular weight is 314 g/mol. The number of ketones is 1. The first-order chi connectivity index (χ1) is 11.0. The van der Waals surface area contributed by atoms with Crippen LogP contribution in [0.15, 0.2) is 48.5 Å². The van der Waals surface area contributed by atoms with E-state index >= 15 is 0 Å². The Morgan fingerprint density at radius 1 is 0.913 bits per heavy atom. The maximum Gasteiger partial charge on any atom is 0.313 e. The Morgan fingerprint density at radius 2 is 1.52 bits per heavy atom. The number of Topliss-reactive ketones (excluding diaryl/α,β-unsaturated/α-hetero) is 1. The minimum Gasteiger partial charge on any atom is -0.344 e. The van der Waals surface area contributed by atoms with Gasteiger partial charge in [-0.15, -0.1) is 0 Å². The van der Waals surface area contributed by atoms with Crippen molar-refractivity contribution in [2.75, 3.05) is 5.32 Å². The molecule has 0 aliphatic heterocycles. The maximum atomic E-state index is 12.8. The second kappa shape index (κ2) is 7.31. The molecule has 6 heteroatoms. The van der Waals surface area contributed by atoms with E-state index in [1.807, 2.05) is 0 Å². The van der Waals surface area contributed by atoms with E-state index in [0.29, 0.717) is 16.8 Å². The van der Waals surface area contributed by atoms with Crippen molar-refractivity contribution in [2.24, 2.45) is 0 Å². The van der Waals surface area contributed by atoms with Crippen molar-refractivity contribution < 1.29 is 18.8 Å². The zero-order chi connectivity index (χ0) is 16.8. The molecule has 0 unspecified atom stereocenters. The summed E-state index contributed by atoms with van der Waals surface area (Å²) in [6.45, 7) is 1.56. The molecule has 0 fully saturated rings. The zero-order valence-corrected chi connectivity index (χ0v) is 12.4. The van der Waals surface area contributed by atoms with Crippen LogP contribution < -0.4 is 10.6 Å². The molecule has 0 heterocycles. The maximum absolute atomic E-state index is 12.8. The number of hydrogen-bond donors (Lipinski definition) is 2. The Balaban J connectivity index is 1.88. The fourth-order valence-corrected chi connectivity index (χ4v) is 1.84. The quantitative estimate of drug-likeness (QED) is 0.671. The highest BCUT2D eigenvalue weighted by molar-refractivity contribution is 6.39. The monoisotopic (exact) mass is 314 g/mol. The number of benzene rings is 2. The molecule has 0 saturated heterocycles. The van der Waals surface area contributed by atoms with Crippen LogP contribution in [0.1, 0.15) is 22.8 Å². The van der Waals surface area contributed by atoms with Gasteiger partial charge < -0.3 is 10.6 Å². The number of carbonyl (C=O) groups is 3. The lowest BCUT2D eigenvalue weighted by atomic mass is 10.1. The Bertz CT molecular complexity index is 725. The van der Waals surface area contributed by atoms with Crippen LogP contribution in [0.4, 0.5) is 10.1 Å². The molecule has 0 atom stereocenters. The predicted octanol–water partition coefficient (Wildman–Crippen LogP) is 2.28. The zero-order valence-electron chi connectivity index (χ0n) is 12.4. The molecule has 2 aromatic carbocycles. The first-order valence-electron chi connectivity index (χ1n) is 6.90. The van der Waals surface area contributed by atoms with Gasteiger partial charge in [0.05, 0.1) is 0 Å². The number of halogens is 1. The van der Waals surface area contributed by atoms with Crippen molar-refractivity contribution in [3.05, 3.63) is 65.5 Å².